The molecule has 1 N–H and O–H groups in total. The summed E-state index contributed by atoms with van der Waals surface area (Å²) in [4.78, 5) is 6.82. The van der Waals surface area contributed by atoms with E-state index in [1.54, 1.807) is 6.20 Å². The Kier molecular flexibility index (Phi) is 9.63. The van der Waals surface area contributed by atoms with Gasteiger partial charge in [0, 0.05) is 33.4 Å². The van der Waals surface area contributed by atoms with Crippen LogP contribution in [0.4, 0.5) is 0 Å². The first-order valence-electron chi connectivity index (χ1n) is 6.65. The molecule has 0 aliphatic carbocycles. The van der Waals surface area contributed by atoms with Crippen LogP contribution in [0.2, 0.25) is 0 Å². The van der Waals surface area contributed by atoms with Gasteiger partial charge in [-0.1, -0.05) is 13.3 Å². The second-order valence-electron chi connectivity index (χ2n) is 4.39. The van der Waals surface area contributed by atoms with Crippen molar-refractivity contribution in [1.29, 1.82) is 0 Å². The van der Waals surface area contributed by atoms with E-state index in [0.717, 1.165) is 24.7 Å². The first-order chi connectivity index (χ1) is 8.69. The predicted octanol–water partition coefficient (Wildman–Crippen LogP) is 2.24. The van der Waals surface area contributed by atoms with Gasteiger partial charge in [-0.2, -0.15) is 5.10 Å². The van der Waals surface area contributed by atoms with E-state index in [9.17, 15) is 0 Å². The van der Waals surface area contributed by atoms with Gasteiger partial charge in [0.25, 0.3) is 0 Å². The zero-order chi connectivity index (χ0) is 13.4. The van der Waals surface area contributed by atoms with Crippen molar-refractivity contribution in [3.63, 3.8) is 0 Å². The fourth-order valence-corrected chi connectivity index (χ4v) is 1.68. The van der Waals surface area contributed by atoms with Gasteiger partial charge >= 0.3 is 0 Å². The molecule has 1 rings (SSSR count). The van der Waals surface area contributed by atoms with Crippen LogP contribution >= 0.6 is 24.0 Å². The van der Waals surface area contributed by atoms with E-state index in [4.69, 9.17) is 0 Å². The summed E-state index contributed by atoms with van der Waals surface area (Å²) in [6.45, 7) is 6.88. The Morgan fingerprint density at radius 1 is 1.47 bits per heavy atom. The number of halogens is 1. The third kappa shape index (κ3) is 6.26. The molecule has 0 aromatic carbocycles. The average Bonchev–Trinajstić information content (AvgIpc) is 2.77. The number of guanidine groups is 1. The minimum Gasteiger partial charge on any atom is -0.357 e. The lowest BCUT2D eigenvalue weighted by Crippen LogP contribution is -2.39. The Labute approximate surface area is 133 Å². The number of nitrogens with zero attached hydrogens (tertiary/aromatic N) is 4. The molecule has 0 fully saturated rings. The molecule has 1 heterocycles. The van der Waals surface area contributed by atoms with Crippen molar-refractivity contribution in [2.45, 2.75) is 33.2 Å². The monoisotopic (exact) mass is 379 g/mol. The summed E-state index contributed by atoms with van der Waals surface area (Å²) in [5.41, 5.74) is 1.12. The van der Waals surface area contributed by atoms with E-state index >= 15 is 0 Å². The van der Waals surface area contributed by atoms with Crippen LogP contribution in [-0.2, 0) is 13.6 Å². The molecule has 0 atom stereocenters. The summed E-state index contributed by atoms with van der Waals surface area (Å²) < 4.78 is 1.86. The van der Waals surface area contributed by atoms with E-state index in [0.29, 0.717) is 6.54 Å². The van der Waals surface area contributed by atoms with E-state index in [2.05, 4.69) is 41.2 Å². The van der Waals surface area contributed by atoms with Crippen LogP contribution in [0.5, 0.6) is 0 Å². The average molecular weight is 379 g/mol. The number of nitrogens with one attached hydrogen (secondary N) is 1. The van der Waals surface area contributed by atoms with Crippen molar-refractivity contribution >= 4 is 29.9 Å². The number of rotatable bonds is 6. The molecule has 0 aliphatic rings. The number of aromatic nitrogens is 2. The molecule has 5 nitrogen and oxygen atoms in total. The van der Waals surface area contributed by atoms with Crippen LogP contribution in [0.25, 0.3) is 0 Å². The topological polar surface area (TPSA) is 45.5 Å². The van der Waals surface area contributed by atoms with Gasteiger partial charge in [-0.25, -0.2) is 4.99 Å². The van der Waals surface area contributed by atoms with Crippen LogP contribution in [-0.4, -0.2) is 40.8 Å². The van der Waals surface area contributed by atoms with Gasteiger partial charge in [-0.15, -0.1) is 24.0 Å². The summed E-state index contributed by atoms with van der Waals surface area (Å²) in [5.74, 6) is 0.965. The largest absolute Gasteiger partial charge is 0.357 e. The lowest BCUT2D eigenvalue weighted by molar-refractivity contribution is 0.464. The van der Waals surface area contributed by atoms with Crippen molar-refractivity contribution in [3.8, 4) is 0 Å². The normalized spacial score (nSPS) is 11.1. The molecule has 1 aromatic heterocycles. The zero-order valence-corrected chi connectivity index (χ0v) is 14.7. The second kappa shape index (κ2) is 10.1. The lowest BCUT2D eigenvalue weighted by Gasteiger charge is -2.21. The highest BCUT2D eigenvalue weighted by atomic mass is 127. The van der Waals surface area contributed by atoms with Crippen molar-refractivity contribution in [3.05, 3.63) is 18.0 Å². The second-order valence-corrected chi connectivity index (χ2v) is 4.39. The minimum absolute atomic E-state index is 0. The molecular weight excluding hydrogens is 353 g/mol. The molecule has 0 saturated heterocycles. The summed E-state index contributed by atoms with van der Waals surface area (Å²) in [5, 5.41) is 7.47. The molecule has 0 spiro atoms. The fourth-order valence-electron chi connectivity index (χ4n) is 1.68. The van der Waals surface area contributed by atoms with Crippen LogP contribution in [0.15, 0.2) is 17.3 Å². The molecule has 0 aliphatic heterocycles. The fraction of sp³-hybridized carbons (Fsp3) is 0.692. The molecule has 0 radical (unpaired) electrons. The van der Waals surface area contributed by atoms with Gasteiger partial charge in [0.2, 0.25) is 0 Å². The quantitative estimate of drug-likeness (QED) is 0.469. The molecular formula is C13H26IN5. The van der Waals surface area contributed by atoms with Crippen LogP contribution in [0, 0.1) is 0 Å². The van der Waals surface area contributed by atoms with E-state index in [1.807, 2.05) is 17.8 Å². The maximum Gasteiger partial charge on any atom is 0.194 e. The Balaban J connectivity index is 0.00000324. The number of unbranched alkanes of at least 4 members (excludes halogenated alkanes) is 1. The number of aliphatic imine (C=N–C) groups is 1. The predicted molar refractivity (Wildman–Crippen MR) is 91.0 cm³/mol. The van der Waals surface area contributed by atoms with Crippen molar-refractivity contribution < 1.29 is 0 Å². The lowest BCUT2D eigenvalue weighted by atomic mass is 10.3. The highest BCUT2D eigenvalue weighted by Gasteiger charge is 2.05. The summed E-state index contributed by atoms with van der Waals surface area (Å²) in [6, 6.07) is 2.00. The third-order valence-corrected chi connectivity index (χ3v) is 2.86. The van der Waals surface area contributed by atoms with E-state index < -0.39 is 0 Å². The van der Waals surface area contributed by atoms with Gasteiger partial charge in [-0.3, -0.25) is 4.68 Å². The summed E-state index contributed by atoms with van der Waals surface area (Å²) in [7, 11) is 4.03. The van der Waals surface area contributed by atoms with E-state index in [-0.39, 0.29) is 24.0 Å². The molecule has 0 amide bonds. The first-order valence-corrected chi connectivity index (χ1v) is 6.65. The van der Waals surface area contributed by atoms with Crippen molar-refractivity contribution in [2.24, 2.45) is 12.0 Å². The zero-order valence-electron chi connectivity index (χ0n) is 12.4. The number of aryl methyl sites for hydroxylation is 1. The first kappa shape index (κ1) is 18.2. The minimum atomic E-state index is 0. The van der Waals surface area contributed by atoms with Gasteiger partial charge in [0.15, 0.2) is 5.96 Å². The maximum absolute atomic E-state index is 4.64. The molecule has 0 bridgehead atoms. The highest BCUT2D eigenvalue weighted by molar-refractivity contribution is 14.0. The summed E-state index contributed by atoms with van der Waals surface area (Å²) >= 11 is 0. The third-order valence-electron chi connectivity index (χ3n) is 2.86. The molecule has 1 aromatic rings. The van der Waals surface area contributed by atoms with Crippen LogP contribution < -0.4 is 5.32 Å². The van der Waals surface area contributed by atoms with Crippen LogP contribution in [0.1, 0.15) is 32.4 Å². The molecule has 0 unspecified atom stereocenters. The molecule has 19 heavy (non-hydrogen) atoms. The maximum atomic E-state index is 4.64. The SMILES string of the molecule is CCCCN(C)C(=NCc1ccnn1C)NCC.I. The Hall–Kier alpha value is -0.790. The standard InChI is InChI=1S/C13H25N5.HI/c1-5-7-10-17(3)13(14-6-2)15-11-12-8-9-16-18(12)4;/h8-9H,5-7,10-11H2,1-4H3,(H,14,15);1H. The van der Waals surface area contributed by atoms with Gasteiger partial charge in [0.1, 0.15) is 0 Å². The van der Waals surface area contributed by atoms with Gasteiger partial charge in [0.05, 0.1) is 12.2 Å². The molecule has 6 heteroatoms. The Morgan fingerprint density at radius 2 is 2.21 bits per heavy atom. The van der Waals surface area contributed by atoms with Gasteiger partial charge in [-0.05, 0) is 19.4 Å². The van der Waals surface area contributed by atoms with Crippen molar-refractivity contribution in [2.75, 3.05) is 20.1 Å². The highest BCUT2D eigenvalue weighted by Crippen LogP contribution is 2.00. The molecule has 110 valence electrons. The van der Waals surface area contributed by atoms with E-state index in [1.165, 1.54) is 12.8 Å². The Morgan fingerprint density at radius 3 is 2.74 bits per heavy atom. The molecule has 0 saturated carbocycles. The smallest absolute Gasteiger partial charge is 0.194 e. The summed E-state index contributed by atoms with van der Waals surface area (Å²) in [6.07, 6.45) is 4.19. The van der Waals surface area contributed by atoms with Crippen LogP contribution in [0.3, 0.4) is 0 Å². The number of hydrogen-bond donors (Lipinski definition) is 1. The number of hydrogen-bond acceptors (Lipinski definition) is 2. The van der Waals surface area contributed by atoms with Gasteiger partial charge < -0.3 is 10.2 Å². The Bertz CT molecular complexity index is 375. The van der Waals surface area contributed by atoms with Crippen molar-refractivity contribution in [1.82, 2.24) is 20.0 Å².